The van der Waals surface area contributed by atoms with Gasteiger partial charge in [-0.05, 0) is 125 Å². The summed E-state index contributed by atoms with van der Waals surface area (Å²) < 4.78 is 74.5. The van der Waals surface area contributed by atoms with Crippen molar-refractivity contribution in [3.05, 3.63) is 54.6 Å². The second kappa shape index (κ2) is 21.5. The molecule has 0 N–H and O–H groups in total. The zero-order valence-electron chi connectivity index (χ0n) is 41.8. The fourth-order valence-corrected chi connectivity index (χ4v) is 12.5. The van der Waals surface area contributed by atoms with Crippen LogP contribution in [0.2, 0.25) is 36.3 Å². The quantitative estimate of drug-likeness (QED) is 0.0541. The van der Waals surface area contributed by atoms with E-state index in [9.17, 15) is 13.2 Å². The molecule has 13 heteroatoms. The van der Waals surface area contributed by atoms with E-state index in [1.54, 1.807) is 31.4 Å². The second-order valence-electron chi connectivity index (χ2n) is 22.9. The van der Waals surface area contributed by atoms with Crippen LogP contribution < -0.4 is 0 Å². The van der Waals surface area contributed by atoms with E-state index in [2.05, 4.69) is 87.8 Å². The molecule has 360 valence electrons. The number of hydrogen-bond acceptors (Lipinski definition) is 10. The van der Waals surface area contributed by atoms with E-state index in [1.165, 1.54) is 0 Å². The molecule has 63 heavy (non-hydrogen) atoms. The van der Waals surface area contributed by atoms with E-state index in [4.69, 9.17) is 32.5 Å². The van der Waals surface area contributed by atoms with Crippen LogP contribution in [0.15, 0.2) is 59.5 Å². The fourth-order valence-electron chi connectivity index (χ4n) is 8.45. The van der Waals surface area contributed by atoms with Crippen molar-refractivity contribution in [1.29, 1.82) is 0 Å². The van der Waals surface area contributed by atoms with Crippen LogP contribution in [0, 0.1) is 17.3 Å². The Morgan fingerprint density at radius 2 is 1.46 bits per heavy atom. The number of sulfone groups is 1. The number of carbonyl (C=O) groups is 1. The van der Waals surface area contributed by atoms with Crippen molar-refractivity contribution in [2.45, 2.75) is 211 Å². The predicted octanol–water partition coefficient (Wildman–Crippen LogP) is 11.3. The van der Waals surface area contributed by atoms with E-state index in [0.29, 0.717) is 26.1 Å². The third-order valence-electron chi connectivity index (χ3n) is 14.6. The summed E-state index contributed by atoms with van der Waals surface area (Å²) in [6.07, 6.45) is 3.78. The van der Waals surface area contributed by atoms with E-state index in [-0.39, 0.29) is 63.1 Å². The Morgan fingerprint density at radius 3 is 2.05 bits per heavy atom. The molecule has 3 heterocycles. The highest BCUT2D eigenvalue weighted by molar-refractivity contribution is 7.91. The van der Waals surface area contributed by atoms with Crippen LogP contribution >= 0.6 is 0 Å². The average molecular weight is 935 g/mol. The van der Waals surface area contributed by atoms with Gasteiger partial charge in [-0.15, -0.1) is 0 Å². The van der Waals surface area contributed by atoms with Crippen molar-refractivity contribution in [3.8, 4) is 0 Å². The molecule has 0 radical (unpaired) electrons. The third kappa shape index (κ3) is 14.7. The zero-order valence-corrected chi connectivity index (χ0v) is 44.7. The molecular formula is C50H86O10SSi2. The number of rotatable bonds is 20. The molecule has 4 unspecified atom stereocenters. The first kappa shape index (κ1) is 53.9. The Hall–Kier alpha value is -1.69. The summed E-state index contributed by atoms with van der Waals surface area (Å²) in [6.45, 7) is 40.0. The molecule has 0 saturated carbocycles. The predicted molar refractivity (Wildman–Crippen MR) is 259 cm³/mol. The monoisotopic (exact) mass is 935 g/mol. The molecule has 4 rings (SSSR count). The first-order valence-corrected chi connectivity index (χ1v) is 31.0. The lowest BCUT2D eigenvalue weighted by molar-refractivity contribution is -0.153. The summed E-state index contributed by atoms with van der Waals surface area (Å²) in [5, 5.41) is 0.00122. The lowest BCUT2D eigenvalue weighted by Gasteiger charge is -2.42. The number of ether oxygens (including phenoxy) is 5. The first-order valence-electron chi connectivity index (χ1n) is 23.6. The minimum Gasteiger partial charge on any atom is -0.465 e. The molecule has 10 nitrogen and oxygen atoms in total. The summed E-state index contributed by atoms with van der Waals surface area (Å²) >= 11 is 0. The van der Waals surface area contributed by atoms with Crippen LogP contribution in [0.4, 0.5) is 0 Å². The van der Waals surface area contributed by atoms with E-state index in [0.717, 1.165) is 49.7 Å². The third-order valence-corrected chi connectivity index (χ3v) is 25.5. The minimum absolute atomic E-state index is 0.0249. The van der Waals surface area contributed by atoms with Crippen molar-refractivity contribution in [1.82, 2.24) is 0 Å². The van der Waals surface area contributed by atoms with Gasteiger partial charge in [0.25, 0.3) is 0 Å². The zero-order chi connectivity index (χ0) is 47.3. The van der Waals surface area contributed by atoms with Crippen molar-refractivity contribution in [3.63, 3.8) is 0 Å². The van der Waals surface area contributed by atoms with Crippen molar-refractivity contribution < 1.29 is 45.7 Å². The van der Waals surface area contributed by atoms with E-state index < -0.39 is 56.1 Å². The lowest BCUT2D eigenvalue weighted by atomic mass is 9.83. The van der Waals surface area contributed by atoms with E-state index >= 15 is 0 Å². The maximum atomic E-state index is 14.2. The molecule has 3 saturated heterocycles. The second-order valence-corrected chi connectivity index (χ2v) is 34.5. The fraction of sp³-hybridized carbons (Fsp3) is 0.780. The standard InChI is InChI=1S/C50H86O10SSi2/c1-34-28-38(25-26-42-35(2)29-37(57-42)22-21-27-55-47(51)48(4,5)6)58-43(36(34)3)31-44-41(33-61(52,53)40-23-19-18-20-24-40)46(54-13)45(59-44)30-39(60-63(16,17)50(10,11)12)32-56-62(14,15)49(7,8)9/h18-20,23-24,34,37-39,41-46H,2-3,21-22,25-33H2,1,4-17H3/t34-,37?,38+,39+,41+,42+,43?,44?,45?,46-/m1/s1. The average Bonchev–Trinajstić information content (AvgIpc) is 3.68. The van der Waals surface area contributed by atoms with Crippen LogP contribution in [0.1, 0.15) is 121 Å². The minimum atomic E-state index is -3.70. The van der Waals surface area contributed by atoms with Gasteiger partial charge >= 0.3 is 5.97 Å². The molecule has 0 aromatic heterocycles. The normalized spacial score (nSPS) is 28.4. The Kier molecular flexibility index (Phi) is 18.4. The summed E-state index contributed by atoms with van der Waals surface area (Å²) in [4.78, 5) is 12.5. The van der Waals surface area contributed by atoms with Gasteiger partial charge in [0.05, 0.1) is 78.1 Å². The maximum Gasteiger partial charge on any atom is 0.311 e. The number of carbonyl (C=O) groups excluding carboxylic acids is 1. The number of benzene rings is 1. The van der Waals surface area contributed by atoms with Crippen LogP contribution in [0.3, 0.4) is 0 Å². The van der Waals surface area contributed by atoms with Crippen LogP contribution in [-0.2, 0) is 47.2 Å². The van der Waals surface area contributed by atoms with Gasteiger partial charge < -0.3 is 32.5 Å². The molecule has 0 spiro atoms. The van der Waals surface area contributed by atoms with Crippen molar-refractivity contribution in [2.24, 2.45) is 17.3 Å². The van der Waals surface area contributed by atoms with Crippen LogP contribution in [0.25, 0.3) is 0 Å². The number of hydrogen-bond donors (Lipinski definition) is 0. The Bertz CT molecular complexity index is 1780. The van der Waals surface area contributed by atoms with Gasteiger partial charge in [0.1, 0.15) is 0 Å². The van der Waals surface area contributed by atoms with Crippen molar-refractivity contribution in [2.75, 3.05) is 26.1 Å². The highest BCUT2D eigenvalue weighted by Crippen LogP contribution is 2.44. The topological polar surface area (TPSA) is 116 Å². The van der Waals surface area contributed by atoms with Gasteiger partial charge in [-0.1, -0.05) is 79.8 Å². The van der Waals surface area contributed by atoms with Gasteiger partial charge in [-0.3, -0.25) is 4.79 Å². The molecule has 3 aliphatic heterocycles. The Morgan fingerprint density at radius 1 is 0.841 bits per heavy atom. The maximum absolute atomic E-state index is 14.2. The Balaban J connectivity index is 1.52. The highest BCUT2D eigenvalue weighted by Gasteiger charge is 2.50. The summed E-state index contributed by atoms with van der Waals surface area (Å²) in [7, 11) is -6.41. The number of methoxy groups -OCH3 is 1. The molecule has 0 bridgehead atoms. The first-order chi connectivity index (χ1) is 29.0. The van der Waals surface area contributed by atoms with Gasteiger partial charge in [-0.25, -0.2) is 8.42 Å². The summed E-state index contributed by atoms with van der Waals surface area (Å²) in [6, 6.07) is 8.68. The largest absolute Gasteiger partial charge is 0.465 e. The highest BCUT2D eigenvalue weighted by atomic mass is 32.2. The molecule has 1 aromatic rings. The Labute approximate surface area is 385 Å². The summed E-state index contributed by atoms with van der Waals surface area (Å²) in [5.41, 5.74) is 1.59. The lowest BCUT2D eigenvalue weighted by Crippen LogP contribution is -2.49. The molecule has 1 aromatic carbocycles. The van der Waals surface area contributed by atoms with Gasteiger partial charge in [0, 0.05) is 25.9 Å². The molecule has 3 aliphatic rings. The van der Waals surface area contributed by atoms with Gasteiger partial charge in [0.2, 0.25) is 0 Å². The van der Waals surface area contributed by atoms with Crippen LogP contribution in [0.5, 0.6) is 0 Å². The molecular weight excluding hydrogens is 849 g/mol. The van der Waals surface area contributed by atoms with Gasteiger partial charge in [0.15, 0.2) is 26.5 Å². The summed E-state index contributed by atoms with van der Waals surface area (Å²) in [5.74, 6) is -0.559. The SMILES string of the molecule is C=C1C(CC2OC(C[C@@H](CO[Si](C)(C)C(C)(C)C)O[Si](C)(C)C(C)(C)C)[C@H](OC)[C@H]2CS(=O)(=O)c2ccccc2)O[C@@H](CC[C@@H]2OC(CCCOC(=O)C(C)(C)C)CC2=C)C[C@H]1C. The van der Waals surface area contributed by atoms with Crippen LogP contribution in [-0.4, -0.2) is 106 Å². The van der Waals surface area contributed by atoms with Gasteiger partial charge in [-0.2, -0.15) is 0 Å². The smallest absolute Gasteiger partial charge is 0.311 e. The van der Waals surface area contributed by atoms with E-state index in [1.807, 2.05) is 26.8 Å². The molecule has 0 aliphatic carbocycles. The molecule has 0 amide bonds. The molecule has 3 fully saturated rings. The number of esters is 1. The molecule has 10 atom stereocenters. The van der Waals surface area contributed by atoms with Crippen molar-refractivity contribution >= 4 is 32.4 Å².